The van der Waals surface area contributed by atoms with Crippen LogP contribution in [0.3, 0.4) is 0 Å². The van der Waals surface area contributed by atoms with Crippen LogP contribution in [0.4, 0.5) is 0 Å². The molecule has 1 aromatic heterocycles. The van der Waals surface area contributed by atoms with Gasteiger partial charge in [-0.05, 0) is 57.3 Å². The summed E-state index contributed by atoms with van der Waals surface area (Å²) < 4.78 is 7.42. The van der Waals surface area contributed by atoms with E-state index in [4.69, 9.17) is 4.74 Å². The van der Waals surface area contributed by atoms with Gasteiger partial charge in [0.1, 0.15) is 5.60 Å². The third kappa shape index (κ3) is 3.70. The molecular formula is C22H29N3O2S. The van der Waals surface area contributed by atoms with Crippen LogP contribution in [0.5, 0.6) is 0 Å². The molecule has 4 heterocycles. The normalized spacial score (nSPS) is 24.7. The number of para-hydroxylation sites is 1. The fourth-order valence-corrected chi connectivity index (χ4v) is 5.97. The first-order valence-corrected chi connectivity index (χ1v) is 11.5. The maximum atomic E-state index is 12.6. The molecular weight excluding hydrogens is 370 g/mol. The van der Waals surface area contributed by atoms with Gasteiger partial charge in [0.2, 0.25) is 5.91 Å². The molecule has 1 atom stereocenters. The number of thiazole rings is 1. The number of aromatic nitrogens is 1. The summed E-state index contributed by atoms with van der Waals surface area (Å²) in [5, 5.41) is 1.14. The summed E-state index contributed by atoms with van der Waals surface area (Å²) in [7, 11) is 0. The molecule has 3 aliphatic heterocycles. The standard InChI is InChI=1S/C22H29N3O2S/c26-21(10-6-9-20-23-18-7-2-3-8-19(18)28-20)25-15-22(16-25)13-17(14-27-22)24-11-4-1-5-12-24/h2-3,7-8,17H,1,4-6,9-16H2. The molecule has 5 nitrogen and oxygen atoms in total. The van der Waals surface area contributed by atoms with Crippen molar-refractivity contribution in [3.8, 4) is 0 Å². The predicted molar refractivity (Wildman–Crippen MR) is 112 cm³/mol. The van der Waals surface area contributed by atoms with E-state index in [1.165, 1.54) is 37.1 Å². The van der Waals surface area contributed by atoms with Gasteiger partial charge >= 0.3 is 0 Å². The number of carbonyl (C=O) groups is 1. The van der Waals surface area contributed by atoms with Crippen LogP contribution in [-0.2, 0) is 16.0 Å². The van der Waals surface area contributed by atoms with Crippen LogP contribution < -0.4 is 0 Å². The van der Waals surface area contributed by atoms with E-state index >= 15 is 0 Å². The van der Waals surface area contributed by atoms with Gasteiger partial charge in [0.25, 0.3) is 0 Å². The van der Waals surface area contributed by atoms with E-state index in [2.05, 4.69) is 28.1 Å². The van der Waals surface area contributed by atoms with E-state index in [9.17, 15) is 4.79 Å². The number of fused-ring (bicyclic) bond motifs is 1. The summed E-state index contributed by atoms with van der Waals surface area (Å²) in [4.78, 5) is 21.8. The Balaban J connectivity index is 1.06. The molecule has 6 heteroatoms. The highest BCUT2D eigenvalue weighted by Crippen LogP contribution is 2.38. The van der Waals surface area contributed by atoms with Crippen LogP contribution in [0.25, 0.3) is 10.2 Å². The predicted octanol–water partition coefficient (Wildman–Crippen LogP) is 3.47. The average Bonchev–Trinajstić information content (AvgIpc) is 3.32. The summed E-state index contributed by atoms with van der Waals surface area (Å²) in [5.41, 5.74) is 1.02. The van der Waals surface area contributed by atoms with Gasteiger partial charge in [0.15, 0.2) is 0 Å². The van der Waals surface area contributed by atoms with E-state index < -0.39 is 0 Å². The van der Waals surface area contributed by atoms with Gasteiger partial charge in [0, 0.05) is 12.5 Å². The zero-order valence-corrected chi connectivity index (χ0v) is 17.3. The number of aryl methyl sites for hydroxylation is 1. The van der Waals surface area contributed by atoms with E-state index in [-0.39, 0.29) is 11.5 Å². The first-order chi connectivity index (χ1) is 13.7. The Hall–Kier alpha value is -1.50. The minimum atomic E-state index is -0.0508. The van der Waals surface area contributed by atoms with Crippen molar-refractivity contribution < 1.29 is 9.53 Å². The number of rotatable bonds is 5. The molecule has 28 heavy (non-hydrogen) atoms. The van der Waals surface area contributed by atoms with Gasteiger partial charge in [-0.2, -0.15) is 0 Å². The van der Waals surface area contributed by atoms with Crippen LogP contribution >= 0.6 is 11.3 Å². The quantitative estimate of drug-likeness (QED) is 0.772. The van der Waals surface area contributed by atoms with Gasteiger partial charge in [-0.25, -0.2) is 4.98 Å². The Morgan fingerprint density at radius 1 is 1.21 bits per heavy atom. The highest BCUT2D eigenvalue weighted by molar-refractivity contribution is 7.18. The monoisotopic (exact) mass is 399 g/mol. The first-order valence-electron chi connectivity index (χ1n) is 10.7. The summed E-state index contributed by atoms with van der Waals surface area (Å²) in [5.74, 6) is 0.275. The molecule has 0 saturated carbocycles. The Kier molecular flexibility index (Phi) is 5.11. The lowest BCUT2D eigenvalue weighted by Gasteiger charge is -2.47. The second kappa shape index (κ2) is 7.73. The zero-order chi connectivity index (χ0) is 19.0. The van der Waals surface area contributed by atoms with Gasteiger partial charge in [-0.3, -0.25) is 9.69 Å². The number of likely N-dealkylation sites (tertiary alicyclic amines) is 2. The summed E-state index contributed by atoms with van der Waals surface area (Å²) in [6, 6.07) is 8.81. The lowest BCUT2D eigenvalue weighted by molar-refractivity contribution is -0.157. The summed E-state index contributed by atoms with van der Waals surface area (Å²) >= 11 is 1.75. The lowest BCUT2D eigenvalue weighted by Crippen LogP contribution is -2.63. The van der Waals surface area contributed by atoms with Crippen LogP contribution in [0.2, 0.25) is 0 Å². The van der Waals surface area contributed by atoms with Crippen molar-refractivity contribution in [3.05, 3.63) is 29.3 Å². The maximum absolute atomic E-state index is 12.6. The Morgan fingerprint density at radius 2 is 2.04 bits per heavy atom. The second-order valence-electron chi connectivity index (χ2n) is 8.63. The van der Waals surface area contributed by atoms with Crippen molar-refractivity contribution >= 4 is 27.5 Å². The van der Waals surface area contributed by atoms with Crippen molar-refractivity contribution in [2.24, 2.45) is 0 Å². The number of carbonyl (C=O) groups excluding carboxylic acids is 1. The van der Waals surface area contributed by atoms with Gasteiger partial charge in [0.05, 0.1) is 34.9 Å². The molecule has 0 radical (unpaired) electrons. The largest absolute Gasteiger partial charge is 0.370 e. The Bertz CT molecular complexity index is 806. The third-order valence-corrected chi connectivity index (χ3v) is 7.62. The zero-order valence-electron chi connectivity index (χ0n) is 16.4. The van der Waals surface area contributed by atoms with E-state index in [0.717, 1.165) is 49.5 Å². The number of hydrogen-bond acceptors (Lipinski definition) is 5. The molecule has 0 N–H and O–H groups in total. The maximum Gasteiger partial charge on any atom is 0.222 e. The third-order valence-electron chi connectivity index (χ3n) is 6.53. The van der Waals surface area contributed by atoms with Crippen LogP contribution in [-0.4, -0.2) is 65.1 Å². The fraction of sp³-hybridized carbons (Fsp3) is 0.636. The van der Waals surface area contributed by atoms with Crippen molar-refractivity contribution in [2.75, 3.05) is 32.8 Å². The van der Waals surface area contributed by atoms with Crippen molar-refractivity contribution in [1.29, 1.82) is 0 Å². The highest BCUT2D eigenvalue weighted by atomic mass is 32.1. The molecule has 0 bridgehead atoms. The molecule has 3 saturated heterocycles. The number of nitrogens with zero attached hydrogens (tertiary/aromatic N) is 3. The van der Waals surface area contributed by atoms with E-state index in [0.29, 0.717) is 12.5 Å². The number of benzene rings is 1. The van der Waals surface area contributed by atoms with E-state index in [1.807, 2.05) is 11.0 Å². The second-order valence-corrected chi connectivity index (χ2v) is 9.74. The fourth-order valence-electron chi connectivity index (χ4n) is 4.96. The average molecular weight is 400 g/mol. The molecule has 1 aromatic carbocycles. The van der Waals surface area contributed by atoms with E-state index in [1.54, 1.807) is 11.3 Å². The summed E-state index contributed by atoms with van der Waals surface area (Å²) in [6.07, 6.45) is 7.49. The Morgan fingerprint density at radius 3 is 2.86 bits per heavy atom. The Labute approximate surface area is 170 Å². The number of amides is 1. The van der Waals surface area contributed by atoms with Crippen LogP contribution in [0, 0.1) is 0 Å². The minimum absolute atomic E-state index is 0.0508. The molecule has 1 unspecified atom stereocenters. The van der Waals surface area contributed by atoms with Gasteiger partial charge in [-0.1, -0.05) is 18.6 Å². The molecule has 3 aliphatic rings. The molecule has 0 aliphatic carbocycles. The smallest absolute Gasteiger partial charge is 0.222 e. The number of piperidine rings is 1. The van der Waals surface area contributed by atoms with Crippen molar-refractivity contribution in [1.82, 2.24) is 14.8 Å². The number of ether oxygens (including phenoxy) is 1. The topological polar surface area (TPSA) is 45.7 Å². The molecule has 3 fully saturated rings. The molecule has 2 aromatic rings. The lowest BCUT2D eigenvalue weighted by atomic mass is 9.88. The highest BCUT2D eigenvalue weighted by Gasteiger charge is 2.52. The molecule has 5 rings (SSSR count). The first kappa shape index (κ1) is 18.5. The molecule has 1 amide bonds. The van der Waals surface area contributed by atoms with Crippen LogP contribution in [0.1, 0.15) is 43.5 Å². The molecule has 1 spiro atoms. The number of hydrogen-bond donors (Lipinski definition) is 0. The van der Waals surface area contributed by atoms with Gasteiger partial charge in [-0.15, -0.1) is 11.3 Å². The molecule has 150 valence electrons. The summed E-state index contributed by atoms with van der Waals surface area (Å²) in [6.45, 7) is 4.87. The van der Waals surface area contributed by atoms with Crippen LogP contribution in [0.15, 0.2) is 24.3 Å². The van der Waals surface area contributed by atoms with Crippen molar-refractivity contribution in [3.63, 3.8) is 0 Å². The SMILES string of the molecule is O=C(CCCc1nc2ccccc2s1)N1CC2(CC(N3CCCCC3)CO2)C1. The van der Waals surface area contributed by atoms with Gasteiger partial charge < -0.3 is 9.64 Å². The minimum Gasteiger partial charge on any atom is -0.370 e. The van der Waals surface area contributed by atoms with Crippen molar-refractivity contribution in [2.45, 2.75) is 56.6 Å².